The maximum Gasteiger partial charge on any atom is 0.119 e. The van der Waals surface area contributed by atoms with Crippen LogP contribution in [-0.2, 0) is 16.1 Å². The molecule has 3 nitrogen and oxygen atoms in total. The van der Waals surface area contributed by atoms with Crippen LogP contribution in [0.1, 0.15) is 44.1 Å². The van der Waals surface area contributed by atoms with Crippen LogP contribution >= 0.6 is 0 Å². The minimum atomic E-state index is 0.662. The normalized spacial score (nSPS) is 10.4. The van der Waals surface area contributed by atoms with Gasteiger partial charge in [0, 0.05) is 13.0 Å². The van der Waals surface area contributed by atoms with E-state index in [2.05, 4.69) is 0 Å². The molecule has 0 radical (unpaired) electrons. The maximum absolute atomic E-state index is 10.1. The smallest absolute Gasteiger partial charge is 0.119 e. The number of aldehydes is 1. The zero-order valence-electron chi connectivity index (χ0n) is 11.8. The molecule has 3 heteroatoms. The lowest BCUT2D eigenvalue weighted by Gasteiger charge is -2.05. The summed E-state index contributed by atoms with van der Waals surface area (Å²) >= 11 is 0. The van der Waals surface area contributed by atoms with Crippen LogP contribution in [0.25, 0.3) is 0 Å². The number of rotatable bonds is 11. The zero-order chi connectivity index (χ0) is 13.8. The highest BCUT2D eigenvalue weighted by molar-refractivity contribution is 5.48. The Balaban J connectivity index is 1.96. The zero-order valence-corrected chi connectivity index (χ0v) is 11.8. The Morgan fingerprint density at radius 3 is 2.37 bits per heavy atom. The molecule has 19 heavy (non-hydrogen) atoms. The van der Waals surface area contributed by atoms with Gasteiger partial charge in [-0.15, -0.1) is 0 Å². The van der Waals surface area contributed by atoms with Crippen molar-refractivity contribution in [2.45, 2.75) is 45.1 Å². The summed E-state index contributed by atoms with van der Waals surface area (Å²) in [5, 5.41) is 0. The minimum Gasteiger partial charge on any atom is -0.497 e. The van der Waals surface area contributed by atoms with Crippen molar-refractivity contribution in [1.29, 1.82) is 0 Å². The van der Waals surface area contributed by atoms with Gasteiger partial charge in [0.15, 0.2) is 0 Å². The highest BCUT2D eigenvalue weighted by Gasteiger charge is 1.95. The van der Waals surface area contributed by atoms with Crippen LogP contribution in [0.4, 0.5) is 0 Å². The van der Waals surface area contributed by atoms with E-state index in [9.17, 15) is 4.79 Å². The number of hydrogen-bond donors (Lipinski definition) is 0. The van der Waals surface area contributed by atoms with E-state index < -0.39 is 0 Å². The number of benzene rings is 1. The highest BCUT2D eigenvalue weighted by Crippen LogP contribution is 2.12. The Morgan fingerprint density at radius 2 is 1.68 bits per heavy atom. The monoisotopic (exact) mass is 264 g/mol. The molecule has 0 saturated carbocycles. The van der Waals surface area contributed by atoms with Crippen LogP contribution in [0, 0.1) is 0 Å². The van der Waals surface area contributed by atoms with E-state index in [1.165, 1.54) is 18.4 Å². The molecule has 0 amide bonds. The van der Waals surface area contributed by atoms with Crippen LogP contribution in [0.2, 0.25) is 0 Å². The summed E-state index contributed by atoms with van der Waals surface area (Å²) < 4.78 is 10.7. The molecular formula is C16H24O3. The van der Waals surface area contributed by atoms with Crippen LogP contribution < -0.4 is 4.74 Å². The van der Waals surface area contributed by atoms with Crippen molar-refractivity contribution in [2.75, 3.05) is 13.7 Å². The average Bonchev–Trinajstić information content (AvgIpc) is 2.46. The summed E-state index contributed by atoms with van der Waals surface area (Å²) in [6.45, 7) is 1.47. The molecule has 1 aromatic carbocycles. The fourth-order valence-corrected chi connectivity index (χ4v) is 1.87. The Kier molecular flexibility index (Phi) is 8.73. The number of unbranched alkanes of at least 4 members (excludes halogenated alkanes) is 5. The number of hydrogen-bond acceptors (Lipinski definition) is 3. The van der Waals surface area contributed by atoms with Gasteiger partial charge in [-0.2, -0.15) is 0 Å². The van der Waals surface area contributed by atoms with Crippen molar-refractivity contribution in [3.8, 4) is 5.75 Å². The first-order valence-electron chi connectivity index (χ1n) is 7.01. The summed E-state index contributed by atoms with van der Waals surface area (Å²) in [4.78, 5) is 10.1. The van der Waals surface area contributed by atoms with Crippen molar-refractivity contribution >= 4 is 6.29 Å². The van der Waals surface area contributed by atoms with E-state index in [-0.39, 0.29) is 0 Å². The van der Waals surface area contributed by atoms with E-state index in [1.54, 1.807) is 7.11 Å². The predicted octanol–water partition coefficient (Wildman–Crippen LogP) is 3.75. The molecule has 1 rings (SSSR count). The minimum absolute atomic E-state index is 0.662. The van der Waals surface area contributed by atoms with Gasteiger partial charge < -0.3 is 14.3 Å². The van der Waals surface area contributed by atoms with Gasteiger partial charge in [0.25, 0.3) is 0 Å². The maximum atomic E-state index is 10.1. The summed E-state index contributed by atoms with van der Waals surface area (Å²) in [6, 6.07) is 7.95. The molecule has 0 aliphatic rings. The van der Waals surface area contributed by atoms with E-state index >= 15 is 0 Å². The molecule has 0 spiro atoms. The largest absolute Gasteiger partial charge is 0.497 e. The fourth-order valence-electron chi connectivity index (χ4n) is 1.87. The highest BCUT2D eigenvalue weighted by atomic mass is 16.5. The number of ether oxygens (including phenoxy) is 2. The first kappa shape index (κ1) is 15.7. The fraction of sp³-hybridized carbons (Fsp3) is 0.562. The van der Waals surface area contributed by atoms with E-state index in [0.717, 1.165) is 37.9 Å². The van der Waals surface area contributed by atoms with Gasteiger partial charge >= 0.3 is 0 Å². The van der Waals surface area contributed by atoms with Crippen LogP contribution in [0.3, 0.4) is 0 Å². The second-order valence-electron chi connectivity index (χ2n) is 4.62. The molecule has 0 N–H and O–H groups in total. The predicted molar refractivity (Wildman–Crippen MR) is 76.4 cm³/mol. The van der Waals surface area contributed by atoms with Gasteiger partial charge in [-0.25, -0.2) is 0 Å². The van der Waals surface area contributed by atoms with Gasteiger partial charge in [0.05, 0.1) is 13.7 Å². The first-order valence-corrected chi connectivity index (χ1v) is 7.01. The lowest BCUT2D eigenvalue weighted by molar-refractivity contribution is -0.107. The molecule has 0 saturated heterocycles. The first-order chi connectivity index (χ1) is 9.36. The van der Waals surface area contributed by atoms with Crippen molar-refractivity contribution in [3.05, 3.63) is 29.8 Å². The van der Waals surface area contributed by atoms with Crippen LogP contribution in [0.5, 0.6) is 5.75 Å². The summed E-state index contributed by atoms with van der Waals surface area (Å²) in [6.07, 6.45) is 7.35. The Bertz CT molecular complexity index is 332. The molecule has 0 aliphatic heterocycles. The summed E-state index contributed by atoms with van der Waals surface area (Å²) in [7, 11) is 1.67. The molecular weight excluding hydrogens is 240 g/mol. The lowest BCUT2D eigenvalue weighted by Crippen LogP contribution is -1.96. The van der Waals surface area contributed by atoms with Gasteiger partial charge in [-0.3, -0.25) is 0 Å². The Morgan fingerprint density at radius 1 is 1.00 bits per heavy atom. The van der Waals surface area contributed by atoms with Crippen molar-refractivity contribution in [2.24, 2.45) is 0 Å². The molecule has 106 valence electrons. The van der Waals surface area contributed by atoms with Crippen molar-refractivity contribution in [1.82, 2.24) is 0 Å². The molecule has 0 fully saturated rings. The summed E-state index contributed by atoms with van der Waals surface area (Å²) in [5.41, 5.74) is 1.17. The number of methoxy groups -OCH3 is 1. The molecule has 0 aromatic heterocycles. The Hall–Kier alpha value is -1.35. The SMILES string of the molecule is COc1ccc(COCCCCCCCC=O)cc1. The van der Waals surface area contributed by atoms with E-state index in [1.807, 2.05) is 24.3 Å². The number of carbonyl (C=O) groups is 1. The molecule has 0 bridgehead atoms. The third kappa shape index (κ3) is 7.62. The van der Waals surface area contributed by atoms with E-state index in [0.29, 0.717) is 13.0 Å². The summed E-state index contributed by atoms with van der Waals surface area (Å²) in [5.74, 6) is 0.874. The van der Waals surface area contributed by atoms with Crippen LogP contribution in [0.15, 0.2) is 24.3 Å². The van der Waals surface area contributed by atoms with E-state index in [4.69, 9.17) is 9.47 Å². The number of carbonyl (C=O) groups excluding carboxylic acids is 1. The van der Waals surface area contributed by atoms with Gasteiger partial charge in [-0.05, 0) is 30.5 Å². The lowest BCUT2D eigenvalue weighted by atomic mass is 10.1. The third-order valence-electron chi connectivity index (χ3n) is 3.04. The quantitative estimate of drug-likeness (QED) is 0.451. The Labute approximate surface area is 115 Å². The van der Waals surface area contributed by atoms with Gasteiger partial charge in [0.2, 0.25) is 0 Å². The van der Waals surface area contributed by atoms with Crippen molar-refractivity contribution in [3.63, 3.8) is 0 Å². The molecule has 0 unspecified atom stereocenters. The van der Waals surface area contributed by atoms with Gasteiger partial charge in [-0.1, -0.05) is 31.4 Å². The molecule has 0 heterocycles. The molecule has 0 atom stereocenters. The standard InChI is InChI=1S/C16H24O3/c1-18-16-10-8-15(9-11-16)14-19-13-7-5-3-2-4-6-12-17/h8-12H,2-7,13-14H2,1H3. The average molecular weight is 264 g/mol. The topological polar surface area (TPSA) is 35.5 Å². The third-order valence-corrected chi connectivity index (χ3v) is 3.04. The second-order valence-corrected chi connectivity index (χ2v) is 4.62. The van der Waals surface area contributed by atoms with Crippen LogP contribution in [-0.4, -0.2) is 20.0 Å². The molecule has 1 aromatic rings. The van der Waals surface area contributed by atoms with Gasteiger partial charge in [0.1, 0.15) is 12.0 Å². The van der Waals surface area contributed by atoms with Crippen molar-refractivity contribution < 1.29 is 14.3 Å². The second kappa shape index (κ2) is 10.6. The molecule has 0 aliphatic carbocycles.